The second kappa shape index (κ2) is 7.43. The number of likely N-dealkylation sites (N-methyl/N-ethyl adjacent to an activating group) is 1. The number of halogens is 2. The van der Waals surface area contributed by atoms with E-state index in [0.717, 1.165) is 20.8 Å². The molecule has 1 unspecified atom stereocenters. The van der Waals surface area contributed by atoms with Crippen LogP contribution in [0, 0.1) is 5.92 Å². The number of furan rings is 1. The summed E-state index contributed by atoms with van der Waals surface area (Å²) in [6.45, 7) is 2.88. The highest BCUT2D eigenvalue weighted by molar-refractivity contribution is 9.13. The summed E-state index contributed by atoms with van der Waals surface area (Å²) in [6, 6.07) is 2.80. The van der Waals surface area contributed by atoms with Gasteiger partial charge in [0.25, 0.3) is 0 Å². The third-order valence-electron chi connectivity index (χ3n) is 4.68. The van der Waals surface area contributed by atoms with Crippen LogP contribution in [0.5, 0.6) is 0 Å². The van der Waals surface area contributed by atoms with E-state index >= 15 is 0 Å². The number of hydrogen-bond acceptors (Lipinski definition) is 3. The van der Waals surface area contributed by atoms with Crippen molar-refractivity contribution < 1.29 is 4.42 Å². The van der Waals surface area contributed by atoms with Crippen molar-refractivity contribution in [3.63, 3.8) is 0 Å². The first kappa shape index (κ1) is 16.5. The second-order valence-electron chi connectivity index (χ2n) is 5.77. The number of hydrogen-bond donors (Lipinski definition) is 1. The van der Waals surface area contributed by atoms with Gasteiger partial charge in [0.2, 0.25) is 0 Å². The van der Waals surface area contributed by atoms with Gasteiger partial charge in [0.15, 0.2) is 4.67 Å². The molecule has 1 atom stereocenters. The first-order valence-corrected chi connectivity index (χ1v) is 9.02. The molecule has 0 saturated heterocycles. The quantitative estimate of drug-likeness (QED) is 0.768. The summed E-state index contributed by atoms with van der Waals surface area (Å²) in [4.78, 5) is 2.41. The Morgan fingerprint density at radius 1 is 1.35 bits per heavy atom. The zero-order chi connectivity index (χ0) is 14.7. The number of nitrogens with zero attached hydrogens (tertiary/aromatic N) is 1. The maximum atomic E-state index is 5.99. The molecular formula is C15H24Br2N2O. The average Bonchev–Trinajstić information content (AvgIpc) is 2.79. The molecule has 0 spiro atoms. The van der Waals surface area contributed by atoms with Gasteiger partial charge in [-0.15, -0.1) is 0 Å². The van der Waals surface area contributed by atoms with Crippen molar-refractivity contribution in [3.05, 3.63) is 21.0 Å². The van der Waals surface area contributed by atoms with Crippen LogP contribution in [0.4, 0.5) is 0 Å². The molecule has 1 aliphatic rings. The van der Waals surface area contributed by atoms with Crippen molar-refractivity contribution in [1.82, 2.24) is 4.90 Å². The van der Waals surface area contributed by atoms with Crippen LogP contribution in [-0.2, 0) is 0 Å². The molecule has 2 rings (SSSR count). The van der Waals surface area contributed by atoms with Crippen molar-refractivity contribution >= 4 is 31.9 Å². The first-order valence-electron chi connectivity index (χ1n) is 7.43. The van der Waals surface area contributed by atoms with E-state index in [4.69, 9.17) is 10.2 Å². The van der Waals surface area contributed by atoms with Gasteiger partial charge in [0, 0.05) is 12.6 Å². The molecule has 0 bridgehead atoms. The van der Waals surface area contributed by atoms with Crippen LogP contribution in [0.2, 0.25) is 0 Å². The predicted octanol–water partition coefficient (Wildman–Crippen LogP) is 4.71. The molecule has 1 aromatic rings. The molecule has 1 saturated carbocycles. The summed E-state index contributed by atoms with van der Waals surface area (Å²) >= 11 is 6.88. The van der Waals surface area contributed by atoms with Gasteiger partial charge in [0.1, 0.15) is 5.76 Å². The van der Waals surface area contributed by atoms with E-state index in [2.05, 4.69) is 50.7 Å². The fourth-order valence-electron chi connectivity index (χ4n) is 3.23. The van der Waals surface area contributed by atoms with Crippen LogP contribution in [0.1, 0.15) is 50.8 Å². The van der Waals surface area contributed by atoms with Crippen molar-refractivity contribution in [2.75, 3.05) is 13.6 Å². The molecule has 0 aliphatic heterocycles. The third kappa shape index (κ3) is 3.67. The molecule has 1 fully saturated rings. The van der Waals surface area contributed by atoms with Crippen LogP contribution in [-0.4, -0.2) is 24.5 Å². The molecule has 3 nitrogen and oxygen atoms in total. The van der Waals surface area contributed by atoms with Gasteiger partial charge in [-0.1, -0.05) is 13.3 Å². The van der Waals surface area contributed by atoms with Crippen molar-refractivity contribution in [2.24, 2.45) is 11.7 Å². The molecule has 20 heavy (non-hydrogen) atoms. The highest BCUT2D eigenvalue weighted by Gasteiger charge is 2.29. The van der Waals surface area contributed by atoms with E-state index in [1.54, 1.807) is 0 Å². The Kier molecular flexibility index (Phi) is 6.14. The maximum absolute atomic E-state index is 5.99. The SMILES string of the molecule is CCC1CCC(N(C)C(CN)c2cc(Br)c(Br)o2)CC1. The van der Waals surface area contributed by atoms with Crippen LogP contribution in [0.3, 0.4) is 0 Å². The molecule has 1 aromatic heterocycles. The molecule has 0 radical (unpaired) electrons. The maximum Gasteiger partial charge on any atom is 0.183 e. The minimum atomic E-state index is 0.153. The van der Waals surface area contributed by atoms with Gasteiger partial charge in [-0.2, -0.15) is 0 Å². The van der Waals surface area contributed by atoms with Gasteiger partial charge in [0.05, 0.1) is 10.5 Å². The topological polar surface area (TPSA) is 42.4 Å². The minimum absolute atomic E-state index is 0.153. The van der Waals surface area contributed by atoms with E-state index in [0.29, 0.717) is 12.6 Å². The Labute approximate surface area is 138 Å². The van der Waals surface area contributed by atoms with E-state index in [1.807, 2.05) is 6.07 Å². The van der Waals surface area contributed by atoms with Gasteiger partial charge in [-0.05, 0) is 76.6 Å². The van der Waals surface area contributed by atoms with Crippen LogP contribution in [0.15, 0.2) is 19.6 Å². The third-order valence-corrected chi connectivity index (χ3v) is 6.39. The Bertz CT molecular complexity index is 408. The molecule has 0 aromatic carbocycles. The standard InChI is InChI=1S/C15H24Br2N2O/c1-3-10-4-6-11(7-5-10)19(2)13(9-18)14-8-12(16)15(17)20-14/h8,10-11,13H,3-7,9,18H2,1-2H3. The lowest BCUT2D eigenvalue weighted by atomic mass is 9.83. The summed E-state index contributed by atoms with van der Waals surface area (Å²) in [5.41, 5.74) is 5.99. The Hall–Kier alpha value is 0.160. The summed E-state index contributed by atoms with van der Waals surface area (Å²) in [6.07, 6.45) is 6.54. The lowest BCUT2D eigenvalue weighted by Gasteiger charge is -2.38. The fraction of sp³-hybridized carbons (Fsp3) is 0.733. The molecular weight excluding hydrogens is 384 g/mol. The highest BCUT2D eigenvalue weighted by Crippen LogP contribution is 2.35. The molecule has 1 heterocycles. The summed E-state index contributed by atoms with van der Waals surface area (Å²) in [7, 11) is 2.18. The van der Waals surface area contributed by atoms with Crippen LogP contribution >= 0.6 is 31.9 Å². The van der Waals surface area contributed by atoms with E-state index < -0.39 is 0 Å². The second-order valence-corrected chi connectivity index (χ2v) is 7.34. The van der Waals surface area contributed by atoms with E-state index in [1.165, 1.54) is 32.1 Å². The van der Waals surface area contributed by atoms with Gasteiger partial charge < -0.3 is 10.2 Å². The Morgan fingerprint density at radius 2 is 2.00 bits per heavy atom. The monoisotopic (exact) mass is 406 g/mol. The zero-order valence-electron chi connectivity index (χ0n) is 12.2. The summed E-state index contributed by atoms with van der Waals surface area (Å²) in [5.74, 6) is 1.86. The van der Waals surface area contributed by atoms with Gasteiger partial charge in [-0.3, -0.25) is 4.90 Å². The summed E-state index contributed by atoms with van der Waals surface area (Å²) in [5, 5.41) is 0. The fourth-order valence-corrected chi connectivity index (χ4v) is 3.83. The van der Waals surface area contributed by atoms with Crippen LogP contribution in [0.25, 0.3) is 0 Å². The molecule has 2 N–H and O–H groups in total. The van der Waals surface area contributed by atoms with E-state index in [9.17, 15) is 0 Å². The van der Waals surface area contributed by atoms with Gasteiger partial charge >= 0.3 is 0 Å². The van der Waals surface area contributed by atoms with Crippen molar-refractivity contribution in [3.8, 4) is 0 Å². The van der Waals surface area contributed by atoms with Crippen molar-refractivity contribution in [2.45, 2.75) is 51.1 Å². The molecule has 0 amide bonds. The van der Waals surface area contributed by atoms with Gasteiger partial charge in [-0.25, -0.2) is 0 Å². The predicted molar refractivity (Wildman–Crippen MR) is 89.7 cm³/mol. The Morgan fingerprint density at radius 3 is 2.45 bits per heavy atom. The largest absolute Gasteiger partial charge is 0.451 e. The summed E-state index contributed by atoms with van der Waals surface area (Å²) < 4.78 is 7.47. The number of rotatable bonds is 5. The molecule has 1 aliphatic carbocycles. The zero-order valence-corrected chi connectivity index (χ0v) is 15.4. The smallest absolute Gasteiger partial charge is 0.183 e. The average molecular weight is 408 g/mol. The minimum Gasteiger partial charge on any atom is -0.451 e. The highest BCUT2D eigenvalue weighted by atomic mass is 79.9. The lowest BCUT2D eigenvalue weighted by Crippen LogP contribution is -2.40. The Balaban J connectivity index is 2.04. The van der Waals surface area contributed by atoms with Crippen LogP contribution < -0.4 is 5.73 Å². The first-order chi connectivity index (χ1) is 9.56. The molecule has 114 valence electrons. The lowest BCUT2D eigenvalue weighted by molar-refractivity contribution is 0.110. The van der Waals surface area contributed by atoms with Crippen molar-refractivity contribution in [1.29, 1.82) is 0 Å². The normalized spacial score (nSPS) is 25.1. The molecule has 5 heteroatoms. The van der Waals surface area contributed by atoms with E-state index in [-0.39, 0.29) is 6.04 Å². The number of nitrogens with two attached hydrogens (primary N) is 1.